The second-order valence-corrected chi connectivity index (χ2v) is 11.6. The first-order chi connectivity index (χ1) is 15.7. The number of aryl methyl sites for hydroxylation is 2. The molecule has 0 aliphatic carbocycles. The van der Waals surface area contributed by atoms with Crippen LogP contribution in [0.1, 0.15) is 50.8 Å². The summed E-state index contributed by atoms with van der Waals surface area (Å²) in [7, 11) is -3.75. The van der Waals surface area contributed by atoms with E-state index in [2.05, 4.69) is 5.32 Å². The standard InChI is InChI=1S/C26H37N3O4S/c1-8-22(25(31)27-26(4,5)6)28(17-21-12-10-9-11-13-21)24(30)18-29(34(7,32)33)23-15-14-19(2)16-20(23)3/h9-16,22H,8,17-18H2,1-7H3,(H,27,31)/t22-/m0/s1. The van der Waals surface area contributed by atoms with Crippen LogP contribution in [0, 0.1) is 13.8 Å². The van der Waals surface area contributed by atoms with Crippen molar-refractivity contribution in [2.75, 3.05) is 17.1 Å². The molecule has 1 atom stereocenters. The normalized spacial score (nSPS) is 12.7. The van der Waals surface area contributed by atoms with Crippen molar-refractivity contribution >= 4 is 27.5 Å². The first-order valence-corrected chi connectivity index (χ1v) is 13.3. The van der Waals surface area contributed by atoms with Crippen molar-refractivity contribution in [2.45, 2.75) is 66.1 Å². The van der Waals surface area contributed by atoms with Crippen LogP contribution < -0.4 is 9.62 Å². The lowest BCUT2D eigenvalue weighted by Crippen LogP contribution is -2.55. The van der Waals surface area contributed by atoms with Crippen molar-refractivity contribution in [1.29, 1.82) is 0 Å². The predicted octanol–water partition coefficient (Wildman–Crippen LogP) is 3.79. The molecular formula is C26H37N3O4S. The summed E-state index contributed by atoms with van der Waals surface area (Å²) in [5.41, 5.74) is 2.59. The van der Waals surface area contributed by atoms with E-state index in [4.69, 9.17) is 0 Å². The van der Waals surface area contributed by atoms with Gasteiger partial charge in [-0.2, -0.15) is 0 Å². The molecule has 0 aliphatic rings. The Labute approximate surface area is 204 Å². The quantitative estimate of drug-likeness (QED) is 0.583. The fraction of sp³-hybridized carbons (Fsp3) is 0.462. The average Bonchev–Trinajstić information content (AvgIpc) is 2.71. The zero-order valence-electron chi connectivity index (χ0n) is 21.3. The zero-order chi connectivity index (χ0) is 25.7. The van der Waals surface area contributed by atoms with Crippen molar-refractivity contribution in [2.24, 2.45) is 0 Å². The molecule has 8 heteroatoms. The number of nitrogens with one attached hydrogen (secondary N) is 1. The molecule has 1 N–H and O–H groups in total. The topological polar surface area (TPSA) is 86.8 Å². The maximum absolute atomic E-state index is 13.7. The van der Waals surface area contributed by atoms with Gasteiger partial charge in [-0.1, -0.05) is 55.0 Å². The number of benzene rings is 2. The second-order valence-electron chi connectivity index (χ2n) is 9.73. The summed E-state index contributed by atoms with van der Waals surface area (Å²) in [6.07, 6.45) is 1.48. The van der Waals surface area contributed by atoms with E-state index >= 15 is 0 Å². The van der Waals surface area contributed by atoms with Crippen LogP contribution in [0.5, 0.6) is 0 Å². The molecule has 0 fully saturated rings. The predicted molar refractivity (Wildman–Crippen MR) is 137 cm³/mol. The summed E-state index contributed by atoms with van der Waals surface area (Å²) in [5.74, 6) is -0.707. The van der Waals surface area contributed by atoms with E-state index in [1.807, 2.05) is 84.0 Å². The van der Waals surface area contributed by atoms with E-state index < -0.39 is 34.1 Å². The molecule has 0 bridgehead atoms. The highest BCUT2D eigenvalue weighted by Crippen LogP contribution is 2.24. The zero-order valence-corrected chi connectivity index (χ0v) is 22.1. The monoisotopic (exact) mass is 487 g/mol. The van der Waals surface area contributed by atoms with Crippen molar-refractivity contribution < 1.29 is 18.0 Å². The summed E-state index contributed by atoms with van der Waals surface area (Å²) >= 11 is 0. The second kappa shape index (κ2) is 11.0. The van der Waals surface area contributed by atoms with Gasteiger partial charge in [0.15, 0.2) is 0 Å². The van der Waals surface area contributed by atoms with Gasteiger partial charge < -0.3 is 10.2 Å². The highest BCUT2D eigenvalue weighted by Gasteiger charge is 2.33. The van der Waals surface area contributed by atoms with Gasteiger partial charge in [0, 0.05) is 12.1 Å². The third-order valence-electron chi connectivity index (χ3n) is 5.38. The Kier molecular flexibility index (Phi) is 8.89. The molecular weight excluding hydrogens is 450 g/mol. The highest BCUT2D eigenvalue weighted by atomic mass is 32.2. The van der Waals surface area contributed by atoms with E-state index in [1.54, 1.807) is 6.07 Å². The fourth-order valence-corrected chi connectivity index (χ4v) is 4.74. The van der Waals surface area contributed by atoms with Gasteiger partial charge in [0.25, 0.3) is 0 Å². The lowest BCUT2D eigenvalue weighted by molar-refractivity contribution is -0.141. The number of hydrogen-bond donors (Lipinski definition) is 1. The van der Waals surface area contributed by atoms with Crippen LogP contribution >= 0.6 is 0 Å². The van der Waals surface area contributed by atoms with Crippen LogP contribution in [0.15, 0.2) is 48.5 Å². The van der Waals surface area contributed by atoms with Crippen LogP contribution in [0.2, 0.25) is 0 Å². The number of sulfonamides is 1. The third-order valence-corrected chi connectivity index (χ3v) is 6.51. The Hall–Kier alpha value is -2.87. The fourth-order valence-electron chi connectivity index (χ4n) is 3.83. The lowest BCUT2D eigenvalue weighted by atomic mass is 10.1. The third kappa shape index (κ3) is 7.58. The van der Waals surface area contributed by atoms with E-state index in [-0.39, 0.29) is 12.5 Å². The Morgan fingerprint density at radius 3 is 2.15 bits per heavy atom. The maximum atomic E-state index is 13.7. The number of nitrogens with zero attached hydrogens (tertiary/aromatic N) is 2. The van der Waals surface area contributed by atoms with Gasteiger partial charge >= 0.3 is 0 Å². The van der Waals surface area contributed by atoms with Crippen molar-refractivity contribution in [3.8, 4) is 0 Å². The van der Waals surface area contributed by atoms with E-state index in [1.165, 1.54) is 4.90 Å². The molecule has 0 heterocycles. The van der Waals surface area contributed by atoms with Crippen molar-refractivity contribution in [1.82, 2.24) is 10.2 Å². The van der Waals surface area contributed by atoms with Crippen LogP contribution in [-0.2, 0) is 26.2 Å². The Bertz CT molecular complexity index is 1110. The molecule has 0 aliphatic heterocycles. The lowest BCUT2D eigenvalue weighted by Gasteiger charge is -2.34. The molecule has 2 aromatic carbocycles. The first-order valence-electron chi connectivity index (χ1n) is 11.4. The van der Waals surface area contributed by atoms with Gasteiger partial charge in [-0.05, 0) is 58.2 Å². The van der Waals surface area contributed by atoms with Gasteiger partial charge in [-0.3, -0.25) is 13.9 Å². The largest absolute Gasteiger partial charge is 0.350 e. The number of anilines is 1. The minimum absolute atomic E-state index is 0.195. The molecule has 2 amide bonds. The molecule has 0 spiro atoms. The van der Waals surface area contributed by atoms with E-state index in [0.29, 0.717) is 12.1 Å². The minimum Gasteiger partial charge on any atom is -0.350 e. The molecule has 0 saturated heterocycles. The number of carbonyl (C=O) groups excluding carboxylic acids is 2. The minimum atomic E-state index is -3.75. The first kappa shape index (κ1) is 27.4. The van der Waals surface area contributed by atoms with Crippen LogP contribution in [-0.4, -0.2) is 49.5 Å². The van der Waals surface area contributed by atoms with Crippen molar-refractivity contribution in [3.05, 3.63) is 65.2 Å². The number of carbonyl (C=O) groups is 2. The van der Waals surface area contributed by atoms with Gasteiger partial charge in [-0.15, -0.1) is 0 Å². The summed E-state index contributed by atoms with van der Waals surface area (Å²) in [6.45, 7) is 11.0. The highest BCUT2D eigenvalue weighted by molar-refractivity contribution is 7.92. The number of hydrogen-bond acceptors (Lipinski definition) is 4. The molecule has 0 radical (unpaired) electrons. The average molecular weight is 488 g/mol. The molecule has 2 rings (SSSR count). The summed E-state index contributed by atoms with van der Waals surface area (Å²) in [5, 5.41) is 2.96. The van der Waals surface area contributed by atoms with Crippen LogP contribution in [0.3, 0.4) is 0 Å². The van der Waals surface area contributed by atoms with E-state index in [9.17, 15) is 18.0 Å². The molecule has 0 aromatic heterocycles. The summed E-state index contributed by atoms with van der Waals surface area (Å²) in [4.78, 5) is 28.3. The van der Waals surface area contributed by atoms with Gasteiger partial charge in [0.1, 0.15) is 12.6 Å². The summed E-state index contributed by atoms with van der Waals surface area (Å²) in [6, 6.07) is 14.0. The van der Waals surface area contributed by atoms with Crippen molar-refractivity contribution in [3.63, 3.8) is 0 Å². The van der Waals surface area contributed by atoms with Gasteiger partial charge in [0.05, 0.1) is 11.9 Å². The molecule has 34 heavy (non-hydrogen) atoms. The number of rotatable bonds is 9. The van der Waals surface area contributed by atoms with Crippen LogP contribution in [0.4, 0.5) is 5.69 Å². The van der Waals surface area contributed by atoms with Crippen LogP contribution in [0.25, 0.3) is 0 Å². The van der Waals surface area contributed by atoms with E-state index in [0.717, 1.165) is 27.3 Å². The van der Waals surface area contributed by atoms with Gasteiger partial charge in [-0.25, -0.2) is 8.42 Å². The molecule has 7 nitrogen and oxygen atoms in total. The summed E-state index contributed by atoms with van der Waals surface area (Å²) < 4.78 is 26.6. The molecule has 0 unspecified atom stereocenters. The Morgan fingerprint density at radius 1 is 1.03 bits per heavy atom. The molecule has 2 aromatic rings. The smallest absolute Gasteiger partial charge is 0.244 e. The molecule has 186 valence electrons. The molecule has 0 saturated carbocycles. The van der Waals surface area contributed by atoms with Gasteiger partial charge in [0.2, 0.25) is 21.8 Å². The SMILES string of the molecule is CC[C@@H](C(=O)NC(C)(C)C)N(Cc1ccccc1)C(=O)CN(c1ccc(C)cc1C)S(C)(=O)=O. The maximum Gasteiger partial charge on any atom is 0.244 e. The number of amides is 2. The Morgan fingerprint density at radius 2 is 1.65 bits per heavy atom. The Balaban J connectivity index is 2.46.